The molecule has 1 saturated carbocycles. The zero-order valence-electron chi connectivity index (χ0n) is 21.8. The van der Waals surface area contributed by atoms with Crippen molar-refractivity contribution in [2.45, 2.75) is 38.5 Å². The number of fused-ring (bicyclic) bond motifs is 2. The maximum atomic E-state index is 12.7. The van der Waals surface area contributed by atoms with E-state index in [1.807, 2.05) is 30.3 Å². The summed E-state index contributed by atoms with van der Waals surface area (Å²) in [6, 6.07) is 9.63. The standard InChI is InChI=1S/C30H27N9O/c40-27(10-18-6-2-1-3-7-18)35-20-11-19(13-31-14-20)24-12-21-25(17-34-24)38-39-29(21)30-36-26-16-32-15-22(28(26)37-30)23-8-4-5-9-33-23/h4-5,8-9,11-18H,1-3,6-7,10H2,(H,35,40)(H,36,37)(H,38,39). The molecule has 0 atom stereocenters. The number of nitrogens with zero attached hydrogens (tertiary/aromatic N) is 6. The van der Waals surface area contributed by atoms with Crippen LogP contribution in [0.15, 0.2) is 67.5 Å². The van der Waals surface area contributed by atoms with Crippen LogP contribution in [0.25, 0.3) is 56.0 Å². The lowest BCUT2D eigenvalue weighted by Gasteiger charge is -2.20. The molecule has 10 heteroatoms. The summed E-state index contributed by atoms with van der Waals surface area (Å²) < 4.78 is 0. The van der Waals surface area contributed by atoms with E-state index in [1.165, 1.54) is 19.3 Å². The van der Waals surface area contributed by atoms with Gasteiger partial charge in [0.15, 0.2) is 5.82 Å². The van der Waals surface area contributed by atoms with Crippen molar-refractivity contribution in [3.63, 3.8) is 0 Å². The second-order valence-electron chi connectivity index (χ2n) is 10.3. The minimum Gasteiger partial charge on any atom is -0.335 e. The van der Waals surface area contributed by atoms with Gasteiger partial charge in [0.05, 0.1) is 46.7 Å². The van der Waals surface area contributed by atoms with E-state index in [-0.39, 0.29) is 5.91 Å². The SMILES string of the molecule is O=C(CC1CCCCC1)Nc1cncc(-c2cc3c(-c4nc5c(-c6ccccn6)cncc5[nH]4)n[nH]c3cn2)c1. The number of carbonyl (C=O) groups excluding carboxylic acids is 1. The molecular weight excluding hydrogens is 502 g/mol. The number of hydrogen-bond acceptors (Lipinski definition) is 7. The van der Waals surface area contributed by atoms with Crippen LogP contribution in [0.3, 0.4) is 0 Å². The Labute approximate surface area is 229 Å². The molecule has 0 unspecified atom stereocenters. The average molecular weight is 530 g/mol. The van der Waals surface area contributed by atoms with Crippen molar-refractivity contribution in [2.75, 3.05) is 5.32 Å². The molecule has 0 saturated heterocycles. The number of pyridine rings is 4. The van der Waals surface area contributed by atoms with Crippen molar-refractivity contribution < 1.29 is 4.79 Å². The maximum Gasteiger partial charge on any atom is 0.224 e. The van der Waals surface area contributed by atoms with E-state index in [1.54, 1.807) is 37.2 Å². The van der Waals surface area contributed by atoms with Crippen LogP contribution < -0.4 is 5.32 Å². The highest BCUT2D eigenvalue weighted by Gasteiger charge is 2.19. The smallest absolute Gasteiger partial charge is 0.224 e. The molecule has 198 valence electrons. The fourth-order valence-electron chi connectivity index (χ4n) is 5.52. The van der Waals surface area contributed by atoms with Gasteiger partial charge >= 0.3 is 0 Å². The number of carbonyl (C=O) groups is 1. The zero-order valence-corrected chi connectivity index (χ0v) is 21.8. The Morgan fingerprint density at radius 2 is 1.82 bits per heavy atom. The fraction of sp³-hybridized carbons (Fsp3) is 0.233. The first-order valence-corrected chi connectivity index (χ1v) is 13.6. The van der Waals surface area contributed by atoms with E-state index in [0.717, 1.165) is 57.3 Å². The van der Waals surface area contributed by atoms with Gasteiger partial charge in [-0.15, -0.1) is 0 Å². The van der Waals surface area contributed by atoms with E-state index in [4.69, 9.17) is 4.98 Å². The third-order valence-corrected chi connectivity index (χ3v) is 7.52. The molecule has 1 aliphatic carbocycles. The number of H-pyrrole nitrogens is 2. The molecule has 0 spiro atoms. The summed E-state index contributed by atoms with van der Waals surface area (Å²) in [5.74, 6) is 1.13. The summed E-state index contributed by atoms with van der Waals surface area (Å²) in [4.78, 5) is 38.7. The molecule has 1 fully saturated rings. The number of hydrogen-bond donors (Lipinski definition) is 3. The van der Waals surface area contributed by atoms with Gasteiger partial charge in [0.25, 0.3) is 0 Å². The number of imidazole rings is 1. The lowest BCUT2D eigenvalue weighted by atomic mass is 9.87. The summed E-state index contributed by atoms with van der Waals surface area (Å²) in [7, 11) is 0. The van der Waals surface area contributed by atoms with Crippen LogP contribution in [0.4, 0.5) is 5.69 Å². The lowest BCUT2D eigenvalue weighted by Crippen LogP contribution is -2.18. The molecule has 6 heterocycles. The van der Waals surface area contributed by atoms with E-state index in [9.17, 15) is 4.79 Å². The molecule has 1 aliphatic rings. The summed E-state index contributed by atoms with van der Waals surface area (Å²) in [5.41, 5.74) is 6.86. The highest BCUT2D eigenvalue weighted by atomic mass is 16.1. The van der Waals surface area contributed by atoms with Crippen molar-refractivity contribution in [1.29, 1.82) is 0 Å². The molecule has 1 amide bonds. The topological polar surface area (TPSA) is 138 Å². The second kappa shape index (κ2) is 10.3. The van der Waals surface area contributed by atoms with E-state index in [0.29, 0.717) is 29.5 Å². The first kappa shape index (κ1) is 24.1. The van der Waals surface area contributed by atoms with Gasteiger partial charge in [0, 0.05) is 41.5 Å². The predicted molar refractivity (Wildman–Crippen MR) is 153 cm³/mol. The Hall–Kier alpha value is -4.99. The van der Waals surface area contributed by atoms with Gasteiger partial charge < -0.3 is 10.3 Å². The Balaban J connectivity index is 1.19. The number of nitrogens with one attached hydrogen (secondary N) is 3. The lowest BCUT2D eigenvalue weighted by molar-refractivity contribution is -0.117. The van der Waals surface area contributed by atoms with E-state index >= 15 is 0 Å². The van der Waals surface area contributed by atoms with Crippen LogP contribution in [0.1, 0.15) is 38.5 Å². The second-order valence-corrected chi connectivity index (χ2v) is 10.3. The van der Waals surface area contributed by atoms with Gasteiger partial charge in [0.2, 0.25) is 5.91 Å². The van der Waals surface area contributed by atoms with Crippen LogP contribution in [-0.2, 0) is 4.79 Å². The van der Waals surface area contributed by atoms with Gasteiger partial charge in [-0.1, -0.05) is 25.3 Å². The van der Waals surface area contributed by atoms with Crippen LogP contribution in [0.5, 0.6) is 0 Å². The van der Waals surface area contributed by atoms with Gasteiger partial charge in [-0.2, -0.15) is 5.10 Å². The summed E-state index contributed by atoms with van der Waals surface area (Å²) >= 11 is 0. The first-order valence-electron chi connectivity index (χ1n) is 13.6. The van der Waals surface area contributed by atoms with E-state index < -0.39 is 0 Å². The van der Waals surface area contributed by atoms with Crippen molar-refractivity contribution in [2.24, 2.45) is 5.92 Å². The maximum absolute atomic E-state index is 12.7. The van der Waals surface area contributed by atoms with Gasteiger partial charge in [-0.25, -0.2) is 4.98 Å². The number of anilines is 1. The fourth-order valence-corrected chi connectivity index (χ4v) is 5.52. The summed E-state index contributed by atoms with van der Waals surface area (Å²) in [6.07, 6.45) is 17.0. The molecule has 6 aromatic rings. The van der Waals surface area contributed by atoms with Crippen LogP contribution in [-0.4, -0.2) is 46.0 Å². The largest absolute Gasteiger partial charge is 0.335 e. The van der Waals surface area contributed by atoms with Crippen molar-refractivity contribution in [1.82, 2.24) is 40.1 Å². The van der Waals surface area contributed by atoms with Crippen LogP contribution in [0.2, 0.25) is 0 Å². The molecular formula is C30H27N9O. The number of aromatic amines is 2. The monoisotopic (exact) mass is 529 g/mol. The highest BCUT2D eigenvalue weighted by molar-refractivity contribution is 5.97. The minimum atomic E-state index is 0.0378. The highest BCUT2D eigenvalue weighted by Crippen LogP contribution is 2.32. The molecule has 0 aromatic carbocycles. The first-order chi connectivity index (χ1) is 19.7. The molecule has 40 heavy (non-hydrogen) atoms. The van der Waals surface area contributed by atoms with Crippen molar-refractivity contribution >= 4 is 33.5 Å². The molecule has 10 nitrogen and oxygen atoms in total. The average Bonchev–Trinajstić information content (AvgIpc) is 3.62. The number of rotatable bonds is 6. The third-order valence-electron chi connectivity index (χ3n) is 7.52. The minimum absolute atomic E-state index is 0.0378. The van der Waals surface area contributed by atoms with Crippen LogP contribution in [0, 0.1) is 5.92 Å². The Kier molecular flexibility index (Phi) is 6.19. The van der Waals surface area contributed by atoms with Crippen molar-refractivity contribution in [3.8, 4) is 34.0 Å². The van der Waals surface area contributed by atoms with Gasteiger partial charge in [-0.05, 0) is 43.0 Å². The number of amides is 1. The molecule has 0 bridgehead atoms. The van der Waals surface area contributed by atoms with Crippen molar-refractivity contribution in [3.05, 3.63) is 67.5 Å². The summed E-state index contributed by atoms with van der Waals surface area (Å²) in [6.45, 7) is 0. The van der Waals surface area contributed by atoms with E-state index in [2.05, 4.69) is 40.4 Å². The Morgan fingerprint density at radius 3 is 2.70 bits per heavy atom. The zero-order chi connectivity index (χ0) is 26.9. The molecule has 0 aliphatic heterocycles. The normalized spacial score (nSPS) is 14.1. The number of aromatic nitrogens is 8. The molecule has 0 radical (unpaired) electrons. The third kappa shape index (κ3) is 4.68. The Morgan fingerprint density at radius 1 is 0.925 bits per heavy atom. The molecule has 7 rings (SSSR count). The predicted octanol–water partition coefficient (Wildman–Crippen LogP) is 5.93. The molecule has 6 aromatic heterocycles. The Bertz CT molecular complexity index is 1820. The quantitative estimate of drug-likeness (QED) is 0.243. The van der Waals surface area contributed by atoms with Crippen LogP contribution >= 0.6 is 0 Å². The van der Waals surface area contributed by atoms with Gasteiger partial charge in [0.1, 0.15) is 11.2 Å². The molecule has 3 N–H and O–H groups in total. The van der Waals surface area contributed by atoms with Gasteiger partial charge in [-0.3, -0.25) is 29.8 Å². The summed E-state index contributed by atoms with van der Waals surface area (Å²) in [5, 5.41) is 11.5.